The fourth-order valence-electron chi connectivity index (χ4n) is 3.75. The quantitative estimate of drug-likeness (QED) is 0.831. The molecule has 0 aliphatic heterocycles. The van der Waals surface area contributed by atoms with Gasteiger partial charge in [0, 0.05) is 23.2 Å². The number of methoxy groups -OCH3 is 1. The zero-order valence-electron chi connectivity index (χ0n) is 12.0. The Morgan fingerprint density at radius 3 is 2.77 bits per heavy atom. The number of Topliss-reactive ketones (excluding diaryl/α,β-unsaturated/α-hetero) is 2. The molecule has 0 saturated heterocycles. The monoisotopic (exact) mass is 366 g/mol. The molecule has 1 fully saturated rings. The highest BCUT2D eigenvalue weighted by molar-refractivity contribution is 9.10. The largest absolute Gasteiger partial charge is 0.496 e. The number of carbonyl (C=O) groups is 3. The smallest absolute Gasteiger partial charge is 0.303 e. The summed E-state index contributed by atoms with van der Waals surface area (Å²) in [5.74, 6) is -1.95. The van der Waals surface area contributed by atoms with Gasteiger partial charge in [0.25, 0.3) is 0 Å². The Morgan fingerprint density at radius 2 is 2.14 bits per heavy atom. The number of rotatable bonds is 3. The van der Waals surface area contributed by atoms with Gasteiger partial charge in [-0.25, -0.2) is 0 Å². The minimum Gasteiger partial charge on any atom is -0.496 e. The molecule has 0 bridgehead atoms. The number of carboxylic acids is 1. The minimum absolute atomic E-state index is 0.0416. The SMILES string of the molecule is COc1ccc(Br)c2c1C(=O)[C@@H]1C(=O)C[C@@H](CC(=O)O)C[C@H]21. The Labute approximate surface area is 135 Å². The average molecular weight is 367 g/mol. The number of ether oxygens (including phenoxy) is 1. The van der Waals surface area contributed by atoms with E-state index in [0.29, 0.717) is 17.7 Å². The number of hydrogen-bond donors (Lipinski definition) is 1. The van der Waals surface area contributed by atoms with E-state index in [0.717, 1.165) is 10.0 Å². The summed E-state index contributed by atoms with van der Waals surface area (Å²) in [6.45, 7) is 0. The Kier molecular flexibility index (Phi) is 3.80. The highest BCUT2D eigenvalue weighted by atomic mass is 79.9. The fraction of sp³-hybridized carbons (Fsp3) is 0.438. The number of aliphatic carboxylic acids is 1. The van der Waals surface area contributed by atoms with Crippen LogP contribution < -0.4 is 4.74 Å². The van der Waals surface area contributed by atoms with E-state index in [2.05, 4.69) is 15.9 Å². The topological polar surface area (TPSA) is 80.7 Å². The van der Waals surface area contributed by atoms with Crippen LogP contribution in [0.3, 0.4) is 0 Å². The van der Waals surface area contributed by atoms with Gasteiger partial charge in [-0.3, -0.25) is 14.4 Å². The minimum atomic E-state index is -0.912. The normalized spacial score (nSPS) is 26.5. The lowest BCUT2D eigenvalue weighted by Crippen LogP contribution is -2.33. The van der Waals surface area contributed by atoms with Crippen molar-refractivity contribution in [1.29, 1.82) is 0 Å². The molecular formula is C16H15BrO5. The molecule has 0 heterocycles. The Bertz CT molecular complexity index is 681. The number of benzene rings is 1. The van der Waals surface area contributed by atoms with Gasteiger partial charge in [0.05, 0.1) is 18.6 Å². The highest BCUT2D eigenvalue weighted by Crippen LogP contribution is 2.52. The number of halogens is 1. The lowest BCUT2D eigenvalue weighted by Gasteiger charge is -2.29. The van der Waals surface area contributed by atoms with Gasteiger partial charge in [-0.15, -0.1) is 0 Å². The van der Waals surface area contributed by atoms with E-state index < -0.39 is 11.9 Å². The predicted octanol–water partition coefficient (Wildman–Crippen LogP) is 2.81. The Morgan fingerprint density at radius 1 is 1.41 bits per heavy atom. The van der Waals surface area contributed by atoms with Gasteiger partial charge in [-0.1, -0.05) is 15.9 Å². The van der Waals surface area contributed by atoms with Crippen LogP contribution in [0.1, 0.15) is 41.1 Å². The van der Waals surface area contributed by atoms with Crippen LogP contribution >= 0.6 is 15.9 Å². The van der Waals surface area contributed by atoms with Crippen molar-refractivity contribution < 1.29 is 24.2 Å². The fourth-order valence-corrected chi connectivity index (χ4v) is 4.37. The average Bonchev–Trinajstić information content (AvgIpc) is 2.74. The molecule has 1 aromatic carbocycles. The molecule has 0 amide bonds. The number of ketones is 2. The summed E-state index contributed by atoms with van der Waals surface area (Å²) < 4.78 is 6.04. The Hall–Kier alpha value is -1.69. The molecule has 5 nitrogen and oxygen atoms in total. The molecule has 2 aliphatic carbocycles. The summed E-state index contributed by atoms with van der Waals surface area (Å²) in [5.41, 5.74) is 1.26. The third-order valence-corrected chi connectivity index (χ3v) is 5.25. The van der Waals surface area contributed by atoms with Crippen molar-refractivity contribution in [2.45, 2.75) is 25.2 Å². The first-order valence-corrected chi connectivity index (χ1v) is 7.88. The summed E-state index contributed by atoms with van der Waals surface area (Å²) in [5, 5.41) is 8.97. The predicted molar refractivity (Wildman–Crippen MR) is 81.2 cm³/mol. The van der Waals surface area contributed by atoms with E-state index >= 15 is 0 Å². The van der Waals surface area contributed by atoms with Crippen LogP contribution in [0.5, 0.6) is 5.75 Å². The lowest BCUT2D eigenvalue weighted by molar-refractivity contribution is -0.138. The summed E-state index contributed by atoms with van der Waals surface area (Å²) in [4.78, 5) is 36.0. The second-order valence-electron chi connectivity index (χ2n) is 5.86. The van der Waals surface area contributed by atoms with E-state index in [1.807, 2.05) is 0 Å². The van der Waals surface area contributed by atoms with Crippen LogP contribution in [-0.2, 0) is 9.59 Å². The highest BCUT2D eigenvalue weighted by Gasteiger charge is 2.50. The molecule has 116 valence electrons. The molecule has 1 saturated carbocycles. The van der Waals surface area contributed by atoms with Crippen molar-refractivity contribution in [3.8, 4) is 5.75 Å². The van der Waals surface area contributed by atoms with Crippen LogP contribution in [0, 0.1) is 11.8 Å². The third kappa shape index (κ3) is 2.26. The second kappa shape index (κ2) is 5.50. The molecule has 3 atom stereocenters. The van der Waals surface area contributed by atoms with Crippen LogP contribution in [0.4, 0.5) is 0 Å². The molecule has 6 heteroatoms. The first kappa shape index (κ1) is 15.2. The van der Waals surface area contributed by atoms with Crippen LogP contribution in [-0.4, -0.2) is 29.8 Å². The summed E-state index contributed by atoms with van der Waals surface area (Å²) in [6, 6.07) is 3.51. The summed E-state index contributed by atoms with van der Waals surface area (Å²) >= 11 is 3.46. The van der Waals surface area contributed by atoms with E-state index in [1.54, 1.807) is 12.1 Å². The van der Waals surface area contributed by atoms with Crippen molar-refractivity contribution in [3.05, 3.63) is 27.7 Å². The van der Waals surface area contributed by atoms with Crippen LogP contribution in [0.15, 0.2) is 16.6 Å². The van der Waals surface area contributed by atoms with Crippen molar-refractivity contribution >= 4 is 33.5 Å². The van der Waals surface area contributed by atoms with E-state index in [4.69, 9.17) is 9.84 Å². The summed E-state index contributed by atoms with van der Waals surface area (Å²) in [6.07, 6.45) is 0.653. The molecule has 1 N–H and O–H groups in total. The number of fused-ring (bicyclic) bond motifs is 3. The second-order valence-corrected chi connectivity index (χ2v) is 6.71. The first-order chi connectivity index (χ1) is 10.4. The molecule has 0 spiro atoms. The number of carbonyl (C=O) groups excluding carboxylic acids is 2. The standard InChI is InChI=1S/C16H15BrO5/c1-22-11-3-2-9(17)13-8-4-7(6-12(19)20)5-10(18)14(8)16(21)15(11)13/h2-3,7-8,14H,4-6H2,1H3,(H,19,20)/t7-,8+,14-/m0/s1. The maximum absolute atomic E-state index is 12.7. The third-order valence-electron chi connectivity index (χ3n) is 4.56. The van der Waals surface area contributed by atoms with Gasteiger partial charge >= 0.3 is 5.97 Å². The van der Waals surface area contributed by atoms with E-state index in [9.17, 15) is 14.4 Å². The zero-order chi connectivity index (χ0) is 16.0. The first-order valence-electron chi connectivity index (χ1n) is 7.09. The van der Waals surface area contributed by atoms with Crippen molar-refractivity contribution in [2.24, 2.45) is 11.8 Å². The molecule has 2 aliphatic rings. The molecule has 22 heavy (non-hydrogen) atoms. The van der Waals surface area contributed by atoms with Gasteiger partial charge in [0.15, 0.2) is 5.78 Å². The molecule has 0 radical (unpaired) electrons. The van der Waals surface area contributed by atoms with Crippen molar-refractivity contribution in [1.82, 2.24) is 0 Å². The molecule has 1 aromatic rings. The van der Waals surface area contributed by atoms with Gasteiger partial charge in [0.1, 0.15) is 11.5 Å². The molecule has 3 rings (SSSR count). The zero-order valence-corrected chi connectivity index (χ0v) is 13.6. The van der Waals surface area contributed by atoms with E-state index in [1.165, 1.54) is 7.11 Å². The van der Waals surface area contributed by atoms with E-state index in [-0.39, 0.29) is 36.2 Å². The lowest BCUT2D eigenvalue weighted by atomic mass is 9.72. The molecular weight excluding hydrogens is 352 g/mol. The maximum atomic E-state index is 12.7. The molecule has 0 aromatic heterocycles. The maximum Gasteiger partial charge on any atom is 0.303 e. The number of hydrogen-bond acceptors (Lipinski definition) is 4. The van der Waals surface area contributed by atoms with Crippen LogP contribution in [0.25, 0.3) is 0 Å². The number of carboxylic acid groups (broad SMARTS) is 1. The van der Waals surface area contributed by atoms with Gasteiger partial charge in [0.2, 0.25) is 0 Å². The Balaban J connectivity index is 2.06. The van der Waals surface area contributed by atoms with Crippen molar-refractivity contribution in [3.63, 3.8) is 0 Å². The van der Waals surface area contributed by atoms with Gasteiger partial charge in [-0.05, 0) is 30.0 Å². The van der Waals surface area contributed by atoms with Crippen LogP contribution in [0.2, 0.25) is 0 Å². The van der Waals surface area contributed by atoms with Crippen molar-refractivity contribution in [2.75, 3.05) is 7.11 Å². The summed E-state index contributed by atoms with van der Waals surface area (Å²) in [7, 11) is 1.49. The van der Waals surface area contributed by atoms with Gasteiger partial charge in [-0.2, -0.15) is 0 Å². The van der Waals surface area contributed by atoms with Gasteiger partial charge < -0.3 is 9.84 Å². The molecule has 0 unspecified atom stereocenters.